The van der Waals surface area contributed by atoms with Crippen LogP contribution in [0.3, 0.4) is 0 Å². The molecule has 0 spiro atoms. The summed E-state index contributed by atoms with van der Waals surface area (Å²) in [5.74, 6) is 0.928. The van der Waals surface area contributed by atoms with Gasteiger partial charge in [0, 0.05) is 30.4 Å². The van der Waals surface area contributed by atoms with Crippen molar-refractivity contribution in [2.45, 2.75) is 25.8 Å². The van der Waals surface area contributed by atoms with Gasteiger partial charge in [0.25, 0.3) is 5.91 Å². The minimum atomic E-state index is 0.0868. The Labute approximate surface area is 163 Å². The predicted molar refractivity (Wildman–Crippen MR) is 110 cm³/mol. The number of aromatic nitrogens is 1. The van der Waals surface area contributed by atoms with Crippen molar-refractivity contribution in [1.82, 2.24) is 9.88 Å². The van der Waals surface area contributed by atoms with Crippen LogP contribution in [0.5, 0.6) is 5.75 Å². The monoisotopic (exact) mass is 381 g/mol. The number of anilines is 1. The first-order chi connectivity index (χ1) is 13.1. The normalized spacial score (nSPS) is 17.1. The van der Waals surface area contributed by atoms with Gasteiger partial charge in [0.15, 0.2) is 0 Å². The number of hydrogen-bond acceptors (Lipinski definition) is 5. The molecular formula is C21H23N3O2S. The zero-order valence-electron chi connectivity index (χ0n) is 15.6. The van der Waals surface area contributed by atoms with Crippen molar-refractivity contribution in [3.8, 4) is 5.75 Å². The third kappa shape index (κ3) is 3.90. The summed E-state index contributed by atoms with van der Waals surface area (Å²) in [6, 6.07) is 14.0. The number of methoxy groups -OCH3 is 1. The van der Waals surface area contributed by atoms with Gasteiger partial charge in [-0.2, -0.15) is 0 Å². The standard InChI is InChI=1S/C21H23N3O2S/c1-14-22-19-12-15(5-10-20(19)27-14)21(25)24-11-3-4-17(13-24)23-16-6-8-18(26-2)9-7-16/h5-10,12,17,23H,3-4,11,13H2,1-2H3. The molecule has 1 saturated heterocycles. The Morgan fingerprint density at radius 2 is 2.07 bits per heavy atom. The zero-order chi connectivity index (χ0) is 18.8. The molecule has 140 valence electrons. The SMILES string of the molecule is COc1ccc(NC2CCCN(C(=O)c3ccc4sc(C)nc4c3)C2)cc1. The number of fused-ring (bicyclic) bond motifs is 1. The zero-order valence-corrected chi connectivity index (χ0v) is 16.4. The molecule has 1 unspecified atom stereocenters. The summed E-state index contributed by atoms with van der Waals surface area (Å²) in [5, 5.41) is 4.57. The highest BCUT2D eigenvalue weighted by Gasteiger charge is 2.24. The Kier molecular flexibility index (Phi) is 4.99. The van der Waals surface area contributed by atoms with Crippen LogP contribution in [0.1, 0.15) is 28.2 Å². The van der Waals surface area contributed by atoms with Gasteiger partial charge in [0.1, 0.15) is 5.75 Å². The Bertz CT molecular complexity index is 952. The topological polar surface area (TPSA) is 54.5 Å². The van der Waals surface area contributed by atoms with E-state index in [1.165, 1.54) is 0 Å². The van der Waals surface area contributed by atoms with E-state index in [1.807, 2.05) is 54.3 Å². The van der Waals surface area contributed by atoms with Crippen molar-refractivity contribution in [3.05, 3.63) is 53.0 Å². The van der Waals surface area contributed by atoms with Gasteiger partial charge in [-0.25, -0.2) is 4.98 Å². The third-order valence-corrected chi connectivity index (χ3v) is 5.86. The van der Waals surface area contributed by atoms with Gasteiger partial charge in [-0.05, 0) is 62.2 Å². The predicted octanol–water partition coefficient (Wildman–Crippen LogP) is 4.33. The average molecular weight is 382 g/mol. The van der Waals surface area contributed by atoms with Crippen molar-refractivity contribution in [2.24, 2.45) is 0 Å². The van der Waals surface area contributed by atoms with E-state index in [9.17, 15) is 4.79 Å². The molecule has 2 aromatic carbocycles. The van der Waals surface area contributed by atoms with Gasteiger partial charge >= 0.3 is 0 Å². The van der Waals surface area contributed by atoms with Crippen molar-refractivity contribution in [2.75, 3.05) is 25.5 Å². The molecule has 1 aliphatic heterocycles. The Balaban J connectivity index is 1.45. The van der Waals surface area contributed by atoms with E-state index >= 15 is 0 Å². The Hall–Kier alpha value is -2.60. The third-order valence-electron chi connectivity index (χ3n) is 4.91. The number of amides is 1. The molecule has 0 bridgehead atoms. The van der Waals surface area contributed by atoms with Crippen LogP contribution in [0.25, 0.3) is 10.2 Å². The lowest BCUT2D eigenvalue weighted by Gasteiger charge is -2.33. The van der Waals surface area contributed by atoms with Crippen LogP contribution < -0.4 is 10.1 Å². The molecule has 1 N–H and O–H groups in total. The van der Waals surface area contributed by atoms with Gasteiger partial charge in [-0.3, -0.25) is 4.79 Å². The second-order valence-electron chi connectivity index (χ2n) is 6.88. The molecule has 3 aromatic rings. The first kappa shape index (κ1) is 17.8. The molecule has 1 aliphatic rings. The fourth-order valence-corrected chi connectivity index (χ4v) is 4.37. The fourth-order valence-electron chi connectivity index (χ4n) is 3.56. The fraction of sp³-hybridized carbons (Fsp3) is 0.333. The Morgan fingerprint density at radius 3 is 2.85 bits per heavy atom. The maximum absolute atomic E-state index is 13.0. The molecule has 0 radical (unpaired) electrons. The molecule has 1 fully saturated rings. The van der Waals surface area contributed by atoms with Crippen molar-refractivity contribution in [1.29, 1.82) is 0 Å². The van der Waals surface area contributed by atoms with Crippen LogP contribution in [-0.4, -0.2) is 42.0 Å². The van der Waals surface area contributed by atoms with Gasteiger partial charge in [-0.15, -0.1) is 11.3 Å². The maximum Gasteiger partial charge on any atom is 0.254 e. The van der Waals surface area contributed by atoms with Crippen LogP contribution in [0.2, 0.25) is 0 Å². The molecule has 4 rings (SSSR count). The summed E-state index contributed by atoms with van der Waals surface area (Å²) < 4.78 is 6.33. The number of nitrogens with zero attached hydrogens (tertiary/aromatic N) is 2. The van der Waals surface area contributed by atoms with E-state index in [1.54, 1.807) is 18.4 Å². The molecular weight excluding hydrogens is 358 g/mol. The first-order valence-corrected chi connectivity index (χ1v) is 10.0. The maximum atomic E-state index is 13.0. The second-order valence-corrected chi connectivity index (χ2v) is 8.11. The molecule has 0 saturated carbocycles. The van der Waals surface area contributed by atoms with Gasteiger partial charge in [0.05, 0.1) is 22.3 Å². The number of nitrogens with one attached hydrogen (secondary N) is 1. The van der Waals surface area contributed by atoms with Crippen molar-refractivity contribution < 1.29 is 9.53 Å². The summed E-state index contributed by atoms with van der Waals surface area (Å²) in [6.07, 6.45) is 2.05. The summed E-state index contributed by atoms with van der Waals surface area (Å²) >= 11 is 1.66. The highest BCUT2D eigenvalue weighted by Crippen LogP contribution is 2.24. The molecule has 6 heteroatoms. The molecule has 2 heterocycles. The molecule has 0 aliphatic carbocycles. The number of carbonyl (C=O) groups is 1. The largest absolute Gasteiger partial charge is 0.497 e. The molecule has 1 amide bonds. The number of aryl methyl sites for hydroxylation is 1. The quantitative estimate of drug-likeness (QED) is 0.731. The lowest BCUT2D eigenvalue weighted by atomic mass is 10.0. The van der Waals surface area contributed by atoms with Crippen molar-refractivity contribution in [3.63, 3.8) is 0 Å². The number of hydrogen-bond donors (Lipinski definition) is 1. The van der Waals surface area contributed by atoms with E-state index in [0.29, 0.717) is 6.54 Å². The van der Waals surface area contributed by atoms with Crippen LogP contribution in [0.15, 0.2) is 42.5 Å². The van der Waals surface area contributed by atoms with Crippen LogP contribution in [0, 0.1) is 6.92 Å². The smallest absolute Gasteiger partial charge is 0.254 e. The second kappa shape index (κ2) is 7.56. The number of rotatable bonds is 4. The van der Waals surface area contributed by atoms with E-state index < -0.39 is 0 Å². The van der Waals surface area contributed by atoms with Crippen LogP contribution >= 0.6 is 11.3 Å². The van der Waals surface area contributed by atoms with Gasteiger partial charge < -0.3 is 15.0 Å². The summed E-state index contributed by atoms with van der Waals surface area (Å²) in [5.41, 5.74) is 2.68. The number of likely N-dealkylation sites (tertiary alicyclic amines) is 1. The lowest BCUT2D eigenvalue weighted by molar-refractivity contribution is 0.0715. The van der Waals surface area contributed by atoms with E-state index in [2.05, 4.69) is 10.3 Å². The molecule has 1 aromatic heterocycles. The van der Waals surface area contributed by atoms with Gasteiger partial charge in [0.2, 0.25) is 0 Å². The highest BCUT2D eigenvalue weighted by atomic mass is 32.1. The van der Waals surface area contributed by atoms with Crippen LogP contribution in [0.4, 0.5) is 5.69 Å². The molecule has 5 nitrogen and oxygen atoms in total. The summed E-state index contributed by atoms with van der Waals surface area (Å²) in [6.45, 7) is 3.50. The van der Waals surface area contributed by atoms with E-state index in [4.69, 9.17) is 4.74 Å². The number of piperidine rings is 1. The minimum Gasteiger partial charge on any atom is -0.497 e. The summed E-state index contributed by atoms with van der Waals surface area (Å²) in [7, 11) is 1.66. The number of benzene rings is 2. The van der Waals surface area contributed by atoms with E-state index in [-0.39, 0.29) is 11.9 Å². The minimum absolute atomic E-state index is 0.0868. The average Bonchev–Trinajstić information content (AvgIpc) is 3.07. The van der Waals surface area contributed by atoms with Crippen LogP contribution in [-0.2, 0) is 0 Å². The van der Waals surface area contributed by atoms with Gasteiger partial charge in [-0.1, -0.05) is 0 Å². The first-order valence-electron chi connectivity index (χ1n) is 9.19. The number of ether oxygens (including phenoxy) is 1. The number of carbonyl (C=O) groups excluding carboxylic acids is 1. The summed E-state index contributed by atoms with van der Waals surface area (Å²) in [4.78, 5) is 19.4. The van der Waals surface area contributed by atoms with E-state index in [0.717, 1.165) is 51.6 Å². The lowest BCUT2D eigenvalue weighted by Crippen LogP contribution is -2.45. The molecule has 1 atom stereocenters. The number of thiazole rings is 1. The van der Waals surface area contributed by atoms with Crippen molar-refractivity contribution >= 4 is 33.1 Å². The molecule has 27 heavy (non-hydrogen) atoms. The Morgan fingerprint density at radius 1 is 1.26 bits per heavy atom. The highest BCUT2D eigenvalue weighted by molar-refractivity contribution is 7.18.